The summed E-state index contributed by atoms with van der Waals surface area (Å²) in [6, 6.07) is 22.0. The first-order valence-electron chi connectivity index (χ1n) is 11.4. The van der Waals surface area contributed by atoms with E-state index in [0.29, 0.717) is 27.2 Å². The van der Waals surface area contributed by atoms with Crippen molar-refractivity contribution in [1.82, 2.24) is 10.3 Å². The molecule has 0 spiro atoms. The van der Waals surface area contributed by atoms with Crippen molar-refractivity contribution in [3.8, 4) is 11.3 Å². The molecule has 0 saturated carbocycles. The van der Waals surface area contributed by atoms with Gasteiger partial charge >= 0.3 is 5.97 Å². The van der Waals surface area contributed by atoms with Crippen LogP contribution in [-0.2, 0) is 16.0 Å². The van der Waals surface area contributed by atoms with Crippen LogP contribution in [0.15, 0.2) is 72.8 Å². The molecular formula is C28H23Cl3N2O3. The molecule has 0 radical (unpaired) electrons. The lowest BCUT2D eigenvalue weighted by atomic mass is 10.0. The lowest BCUT2D eigenvalue weighted by Crippen LogP contribution is -2.36. The Bertz CT molecular complexity index is 1410. The second-order valence-electron chi connectivity index (χ2n) is 8.36. The number of nitrogens with zero attached hydrogens (tertiary/aromatic N) is 1. The zero-order chi connectivity index (χ0) is 25.7. The summed E-state index contributed by atoms with van der Waals surface area (Å²) in [5.41, 5.74) is 3.00. The lowest BCUT2D eigenvalue weighted by molar-refractivity contribution is -0.124. The molecular weight excluding hydrogens is 519 g/mol. The van der Waals surface area contributed by atoms with Crippen molar-refractivity contribution in [2.75, 3.05) is 6.61 Å². The Morgan fingerprint density at radius 1 is 0.944 bits per heavy atom. The zero-order valence-electron chi connectivity index (χ0n) is 19.4. The molecule has 0 saturated heterocycles. The van der Waals surface area contributed by atoms with E-state index >= 15 is 0 Å². The number of fused-ring (bicyclic) bond motifs is 1. The molecule has 4 aromatic rings. The minimum absolute atomic E-state index is 0.0680. The molecule has 1 aromatic heterocycles. The Balaban J connectivity index is 1.47. The molecule has 4 rings (SSSR count). The van der Waals surface area contributed by atoms with Gasteiger partial charge in [-0.2, -0.15) is 0 Å². The highest BCUT2D eigenvalue weighted by atomic mass is 35.5. The summed E-state index contributed by atoms with van der Waals surface area (Å²) in [5.74, 6) is -1.01. The number of esters is 1. The van der Waals surface area contributed by atoms with Crippen molar-refractivity contribution in [1.29, 1.82) is 0 Å². The number of hydrogen-bond acceptors (Lipinski definition) is 4. The molecule has 0 bridgehead atoms. The van der Waals surface area contributed by atoms with Gasteiger partial charge < -0.3 is 10.1 Å². The predicted octanol–water partition coefficient (Wildman–Crippen LogP) is 7.16. The fourth-order valence-electron chi connectivity index (χ4n) is 3.83. The van der Waals surface area contributed by atoms with Gasteiger partial charge in [0.25, 0.3) is 5.91 Å². The van der Waals surface area contributed by atoms with Crippen LogP contribution in [0.3, 0.4) is 0 Å². The van der Waals surface area contributed by atoms with Gasteiger partial charge in [0.05, 0.1) is 31.8 Å². The van der Waals surface area contributed by atoms with Gasteiger partial charge in [-0.15, -0.1) is 0 Å². The van der Waals surface area contributed by atoms with Gasteiger partial charge in [0.2, 0.25) is 0 Å². The van der Waals surface area contributed by atoms with Crippen LogP contribution in [0.25, 0.3) is 22.2 Å². The van der Waals surface area contributed by atoms with E-state index in [1.165, 1.54) is 5.56 Å². The molecule has 0 aliphatic heterocycles. The van der Waals surface area contributed by atoms with Gasteiger partial charge in [0.1, 0.15) is 0 Å². The molecule has 1 heterocycles. The standard InChI is InChI=1S/C28H23Cl3N2O3/c1-17(11-12-18-7-3-2-4-8-18)32-25(34)16-36-28(35)21-15-24(33-23-10-6-5-9-19(21)23)20-13-14-22(29)27(31)26(20)30/h2-10,13-15,17H,11-12,16H2,1H3,(H,32,34)/t17-/m0/s1. The number of benzene rings is 3. The average Bonchev–Trinajstić information content (AvgIpc) is 2.89. The molecule has 8 heteroatoms. The Morgan fingerprint density at radius 3 is 2.44 bits per heavy atom. The minimum atomic E-state index is -0.641. The first-order chi connectivity index (χ1) is 17.3. The summed E-state index contributed by atoms with van der Waals surface area (Å²) in [7, 11) is 0. The number of halogens is 3. The summed E-state index contributed by atoms with van der Waals surface area (Å²) >= 11 is 18.7. The predicted molar refractivity (Wildman–Crippen MR) is 145 cm³/mol. The Kier molecular flexibility index (Phi) is 8.47. The third kappa shape index (κ3) is 6.16. The van der Waals surface area contributed by atoms with Crippen LogP contribution in [0.5, 0.6) is 0 Å². The maximum Gasteiger partial charge on any atom is 0.339 e. The van der Waals surface area contributed by atoms with Crippen molar-refractivity contribution >= 4 is 57.6 Å². The van der Waals surface area contributed by atoms with E-state index in [-0.39, 0.29) is 27.6 Å². The number of pyridine rings is 1. The number of rotatable bonds is 8. The number of para-hydroxylation sites is 1. The number of ether oxygens (including phenoxy) is 1. The Morgan fingerprint density at radius 2 is 1.67 bits per heavy atom. The van der Waals surface area contributed by atoms with Crippen LogP contribution in [0.4, 0.5) is 0 Å². The van der Waals surface area contributed by atoms with Crippen LogP contribution in [0.2, 0.25) is 15.1 Å². The van der Waals surface area contributed by atoms with Gasteiger partial charge in [-0.3, -0.25) is 4.79 Å². The number of carbonyl (C=O) groups excluding carboxylic acids is 2. The third-order valence-corrected chi connectivity index (χ3v) is 6.99. The number of hydrogen-bond donors (Lipinski definition) is 1. The SMILES string of the molecule is C[C@@H](CCc1ccccc1)NC(=O)COC(=O)c1cc(-c2ccc(Cl)c(Cl)c2Cl)nc2ccccc12. The lowest BCUT2D eigenvalue weighted by Gasteiger charge is -2.15. The molecule has 1 amide bonds. The van der Waals surface area contributed by atoms with Crippen LogP contribution >= 0.6 is 34.8 Å². The minimum Gasteiger partial charge on any atom is -0.452 e. The maximum atomic E-state index is 13.0. The van der Waals surface area contributed by atoms with Gasteiger partial charge in [-0.25, -0.2) is 9.78 Å². The quantitative estimate of drug-likeness (QED) is 0.190. The molecule has 0 unspecified atom stereocenters. The van der Waals surface area contributed by atoms with Crippen molar-refractivity contribution in [2.45, 2.75) is 25.8 Å². The highest BCUT2D eigenvalue weighted by molar-refractivity contribution is 6.49. The van der Waals surface area contributed by atoms with Crippen molar-refractivity contribution in [3.63, 3.8) is 0 Å². The first-order valence-corrected chi connectivity index (χ1v) is 12.5. The number of aryl methyl sites for hydroxylation is 1. The average molecular weight is 542 g/mol. The van der Waals surface area contributed by atoms with Crippen LogP contribution < -0.4 is 5.32 Å². The molecule has 184 valence electrons. The Labute approximate surface area is 224 Å². The molecule has 1 N–H and O–H groups in total. The highest BCUT2D eigenvalue weighted by Crippen LogP contribution is 2.38. The number of amides is 1. The third-order valence-electron chi connectivity index (χ3n) is 5.70. The van der Waals surface area contributed by atoms with Gasteiger partial charge in [0.15, 0.2) is 6.61 Å². The normalized spacial score (nSPS) is 11.8. The largest absolute Gasteiger partial charge is 0.452 e. The molecule has 1 atom stereocenters. The smallest absolute Gasteiger partial charge is 0.339 e. The van der Waals surface area contributed by atoms with Crippen LogP contribution in [-0.4, -0.2) is 29.5 Å². The first kappa shape index (κ1) is 26.0. The van der Waals surface area contributed by atoms with Crippen LogP contribution in [0.1, 0.15) is 29.3 Å². The fourth-order valence-corrected chi connectivity index (χ4v) is 4.46. The van der Waals surface area contributed by atoms with Gasteiger partial charge in [0, 0.05) is 17.0 Å². The highest BCUT2D eigenvalue weighted by Gasteiger charge is 2.19. The van der Waals surface area contributed by atoms with E-state index < -0.39 is 12.6 Å². The summed E-state index contributed by atoms with van der Waals surface area (Å²) < 4.78 is 5.37. The van der Waals surface area contributed by atoms with E-state index in [1.54, 1.807) is 36.4 Å². The zero-order valence-corrected chi connectivity index (χ0v) is 21.7. The molecule has 0 fully saturated rings. The number of nitrogens with one attached hydrogen (secondary N) is 1. The summed E-state index contributed by atoms with van der Waals surface area (Å²) in [6.45, 7) is 1.53. The van der Waals surface area contributed by atoms with Crippen LogP contribution in [0, 0.1) is 0 Å². The second kappa shape index (κ2) is 11.7. The van der Waals surface area contributed by atoms with E-state index in [9.17, 15) is 9.59 Å². The van der Waals surface area contributed by atoms with Crippen molar-refractivity contribution < 1.29 is 14.3 Å². The van der Waals surface area contributed by atoms with E-state index in [4.69, 9.17) is 39.5 Å². The van der Waals surface area contributed by atoms with Gasteiger partial charge in [-0.1, -0.05) is 83.3 Å². The summed E-state index contributed by atoms with van der Waals surface area (Å²) in [5, 5.41) is 4.22. The number of carbonyl (C=O) groups is 2. The van der Waals surface area contributed by atoms with Crippen molar-refractivity contribution in [3.05, 3.63) is 99.0 Å². The van der Waals surface area contributed by atoms with E-state index in [2.05, 4.69) is 22.4 Å². The number of aromatic nitrogens is 1. The van der Waals surface area contributed by atoms with Crippen molar-refractivity contribution in [2.24, 2.45) is 0 Å². The maximum absolute atomic E-state index is 13.0. The Hall–Kier alpha value is -3.12. The van der Waals surface area contributed by atoms with E-state index in [0.717, 1.165) is 12.8 Å². The second-order valence-corrected chi connectivity index (χ2v) is 9.53. The topological polar surface area (TPSA) is 68.3 Å². The molecule has 36 heavy (non-hydrogen) atoms. The summed E-state index contributed by atoms with van der Waals surface area (Å²) in [4.78, 5) is 30.1. The summed E-state index contributed by atoms with van der Waals surface area (Å²) in [6.07, 6.45) is 1.61. The molecule has 0 aliphatic rings. The van der Waals surface area contributed by atoms with Gasteiger partial charge in [-0.05, 0) is 49.6 Å². The molecule has 5 nitrogen and oxygen atoms in total. The monoisotopic (exact) mass is 540 g/mol. The molecule has 3 aromatic carbocycles. The fraction of sp³-hybridized carbons (Fsp3) is 0.179. The molecule has 0 aliphatic carbocycles. The van der Waals surface area contributed by atoms with E-state index in [1.807, 2.05) is 31.2 Å².